The zero-order valence-electron chi connectivity index (χ0n) is 16.6. The lowest BCUT2D eigenvalue weighted by Crippen LogP contribution is -2.27. The number of aryl methyl sites for hydroxylation is 1. The Morgan fingerprint density at radius 2 is 1.97 bits per heavy atom. The third-order valence-corrected chi connectivity index (χ3v) is 5.06. The van der Waals surface area contributed by atoms with Crippen LogP contribution in [-0.2, 0) is 11.3 Å². The third-order valence-electron chi connectivity index (χ3n) is 5.06. The summed E-state index contributed by atoms with van der Waals surface area (Å²) in [6.45, 7) is 6.46. The van der Waals surface area contributed by atoms with E-state index in [1.807, 2.05) is 19.1 Å². The van der Waals surface area contributed by atoms with Crippen molar-refractivity contribution in [2.75, 3.05) is 0 Å². The molecule has 1 aliphatic rings. The fourth-order valence-electron chi connectivity index (χ4n) is 3.58. The van der Waals surface area contributed by atoms with Crippen LogP contribution in [0.2, 0.25) is 0 Å². The Morgan fingerprint density at radius 3 is 2.73 bits per heavy atom. The van der Waals surface area contributed by atoms with Gasteiger partial charge in [-0.2, -0.15) is 10.2 Å². The van der Waals surface area contributed by atoms with Crippen molar-refractivity contribution < 1.29 is 13.6 Å². The molecule has 154 valence electrons. The van der Waals surface area contributed by atoms with Gasteiger partial charge < -0.3 is 0 Å². The lowest BCUT2D eigenvalue weighted by Gasteiger charge is -2.22. The highest BCUT2D eigenvalue weighted by Crippen LogP contribution is 2.30. The molecule has 0 aliphatic carbocycles. The Balaban J connectivity index is 1.38. The van der Waals surface area contributed by atoms with Gasteiger partial charge in [0.2, 0.25) is 5.91 Å². The van der Waals surface area contributed by atoms with Crippen molar-refractivity contribution in [3.63, 3.8) is 0 Å². The van der Waals surface area contributed by atoms with Gasteiger partial charge in [-0.05, 0) is 43.2 Å². The molecule has 0 saturated heterocycles. The molecule has 0 bridgehead atoms. The molecule has 1 atom stereocenters. The van der Waals surface area contributed by atoms with Crippen LogP contribution in [0, 0.1) is 18.6 Å². The van der Waals surface area contributed by atoms with Gasteiger partial charge in [-0.15, -0.1) is 0 Å². The van der Waals surface area contributed by atoms with E-state index in [2.05, 4.69) is 21.8 Å². The first-order chi connectivity index (χ1) is 14.4. The Morgan fingerprint density at radius 1 is 1.20 bits per heavy atom. The lowest BCUT2D eigenvalue weighted by molar-refractivity contribution is -0.133. The van der Waals surface area contributed by atoms with Crippen LogP contribution < -0.4 is 0 Å². The second-order valence-electron chi connectivity index (χ2n) is 7.40. The molecule has 2 aromatic heterocycles. The Labute approximate surface area is 172 Å². The molecule has 1 unspecified atom stereocenters. The first kappa shape index (κ1) is 19.9. The van der Waals surface area contributed by atoms with E-state index in [1.165, 1.54) is 17.1 Å². The van der Waals surface area contributed by atoms with Crippen LogP contribution in [-0.4, -0.2) is 31.9 Å². The van der Waals surface area contributed by atoms with E-state index in [9.17, 15) is 13.6 Å². The number of fused-ring (bicyclic) bond motifs is 1. The number of rotatable bonds is 6. The molecule has 0 N–H and O–H groups in total. The second-order valence-corrected chi connectivity index (χ2v) is 7.40. The molecule has 0 fully saturated rings. The van der Waals surface area contributed by atoms with Crippen LogP contribution in [0.4, 0.5) is 8.78 Å². The Bertz CT molecular complexity index is 1130. The number of carbonyl (C=O) groups is 1. The van der Waals surface area contributed by atoms with Crippen LogP contribution in [0.15, 0.2) is 53.8 Å². The summed E-state index contributed by atoms with van der Waals surface area (Å²) in [5, 5.41) is 9.77. The van der Waals surface area contributed by atoms with Crippen molar-refractivity contribution in [3.05, 3.63) is 71.6 Å². The maximum Gasteiger partial charge on any atom is 0.243 e. The molecule has 0 radical (unpaired) electrons. The van der Waals surface area contributed by atoms with E-state index in [1.54, 1.807) is 17.1 Å². The zero-order valence-corrected chi connectivity index (χ0v) is 16.6. The number of hydrogen-bond acceptors (Lipinski definition) is 4. The van der Waals surface area contributed by atoms with Gasteiger partial charge in [0.25, 0.3) is 0 Å². The summed E-state index contributed by atoms with van der Waals surface area (Å²) in [7, 11) is 0. The van der Waals surface area contributed by atoms with E-state index < -0.39 is 17.7 Å². The Hall–Kier alpha value is -3.42. The highest BCUT2D eigenvalue weighted by molar-refractivity contribution is 5.80. The van der Waals surface area contributed by atoms with Gasteiger partial charge in [0, 0.05) is 30.8 Å². The molecule has 3 aromatic rings. The molecular weight excluding hydrogens is 388 g/mol. The molecule has 1 aliphatic heterocycles. The quantitative estimate of drug-likeness (QED) is 0.570. The number of carbonyl (C=O) groups excluding carboxylic acids is 1. The van der Waals surface area contributed by atoms with Crippen LogP contribution >= 0.6 is 0 Å². The molecule has 8 heteroatoms. The summed E-state index contributed by atoms with van der Waals surface area (Å²) in [5.41, 5.74) is 3.87. The minimum atomic E-state index is -0.672. The fourth-order valence-corrected chi connectivity index (χ4v) is 3.58. The van der Waals surface area contributed by atoms with E-state index >= 15 is 0 Å². The van der Waals surface area contributed by atoms with E-state index in [0.29, 0.717) is 24.9 Å². The smallest absolute Gasteiger partial charge is 0.243 e. The summed E-state index contributed by atoms with van der Waals surface area (Å²) in [4.78, 5) is 17.1. The summed E-state index contributed by atoms with van der Waals surface area (Å²) >= 11 is 0. The van der Waals surface area contributed by atoms with Crippen LogP contribution in [0.25, 0.3) is 11.0 Å². The van der Waals surface area contributed by atoms with Gasteiger partial charge in [0.1, 0.15) is 17.2 Å². The van der Waals surface area contributed by atoms with Gasteiger partial charge in [0.15, 0.2) is 0 Å². The van der Waals surface area contributed by atoms with E-state index in [4.69, 9.17) is 0 Å². The molecule has 3 heterocycles. The molecule has 6 nitrogen and oxygen atoms in total. The molecule has 0 saturated carbocycles. The first-order valence-corrected chi connectivity index (χ1v) is 9.67. The number of amides is 1. The minimum absolute atomic E-state index is 0.195. The summed E-state index contributed by atoms with van der Waals surface area (Å²) in [6.07, 6.45) is 4.37. The summed E-state index contributed by atoms with van der Waals surface area (Å²) < 4.78 is 28.9. The summed E-state index contributed by atoms with van der Waals surface area (Å²) in [5.74, 6) is -1.56. The van der Waals surface area contributed by atoms with Crippen molar-refractivity contribution in [1.29, 1.82) is 0 Å². The molecule has 1 amide bonds. The first-order valence-electron chi connectivity index (χ1n) is 9.67. The normalized spacial score (nSPS) is 15.8. The molecule has 1 aromatic carbocycles. The highest BCUT2D eigenvalue weighted by Gasteiger charge is 2.28. The molecular formula is C22H21F2N5O. The van der Waals surface area contributed by atoms with Gasteiger partial charge >= 0.3 is 0 Å². The number of halogens is 2. The standard InChI is InChI=1S/C22H21F2N5O/c1-14(13-28-21-5-4-15(2)27-19(21)12-26-28)3-6-22(30)29-20(7-8-25-29)16-9-17(23)11-18(24)10-16/h4-5,8-12,20H,1,3,6-7,13H2,2H3. The summed E-state index contributed by atoms with van der Waals surface area (Å²) in [6, 6.07) is 6.67. The SMILES string of the molecule is C=C(CCC(=O)N1N=CCC1c1cc(F)cc(F)c1)Cn1ncc2nc(C)ccc21. The van der Waals surface area contributed by atoms with Gasteiger partial charge in [-0.3, -0.25) is 9.48 Å². The molecule has 30 heavy (non-hydrogen) atoms. The number of hydrazone groups is 1. The lowest BCUT2D eigenvalue weighted by atomic mass is 10.0. The van der Waals surface area contributed by atoms with Crippen LogP contribution in [0.3, 0.4) is 0 Å². The minimum Gasteiger partial charge on any atom is -0.273 e. The van der Waals surface area contributed by atoms with Crippen molar-refractivity contribution in [3.8, 4) is 0 Å². The van der Waals surface area contributed by atoms with Crippen molar-refractivity contribution in [1.82, 2.24) is 19.8 Å². The van der Waals surface area contributed by atoms with E-state index in [-0.39, 0.29) is 12.3 Å². The monoisotopic (exact) mass is 409 g/mol. The molecule has 0 spiro atoms. The number of benzene rings is 1. The number of pyridine rings is 1. The predicted molar refractivity (Wildman–Crippen MR) is 110 cm³/mol. The van der Waals surface area contributed by atoms with Crippen molar-refractivity contribution >= 4 is 23.2 Å². The second kappa shape index (κ2) is 8.14. The topological polar surface area (TPSA) is 63.4 Å². The number of aromatic nitrogens is 3. The fraction of sp³-hybridized carbons (Fsp3) is 0.273. The third kappa shape index (κ3) is 4.12. The number of allylic oxidation sites excluding steroid dienone is 1. The van der Waals surface area contributed by atoms with Crippen LogP contribution in [0.5, 0.6) is 0 Å². The van der Waals surface area contributed by atoms with Crippen molar-refractivity contribution in [2.24, 2.45) is 5.10 Å². The largest absolute Gasteiger partial charge is 0.273 e. The number of hydrogen-bond donors (Lipinski definition) is 0. The molecule has 4 rings (SSSR count). The Kier molecular flexibility index (Phi) is 5.39. The van der Waals surface area contributed by atoms with E-state index in [0.717, 1.165) is 28.4 Å². The van der Waals surface area contributed by atoms with Gasteiger partial charge in [-0.1, -0.05) is 12.2 Å². The average molecular weight is 409 g/mol. The average Bonchev–Trinajstić information content (AvgIpc) is 3.32. The van der Waals surface area contributed by atoms with Crippen LogP contribution in [0.1, 0.15) is 36.6 Å². The highest BCUT2D eigenvalue weighted by atomic mass is 19.1. The van der Waals surface area contributed by atoms with Crippen molar-refractivity contribution in [2.45, 2.75) is 38.8 Å². The zero-order chi connectivity index (χ0) is 21.3. The van der Waals surface area contributed by atoms with Gasteiger partial charge in [0.05, 0.1) is 24.3 Å². The number of nitrogens with zero attached hydrogens (tertiary/aromatic N) is 5. The van der Waals surface area contributed by atoms with Gasteiger partial charge in [-0.25, -0.2) is 18.8 Å². The maximum atomic E-state index is 13.6. The predicted octanol–water partition coefficient (Wildman–Crippen LogP) is 4.31. The maximum absolute atomic E-state index is 13.6.